The van der Waals surface area contributed by atoms with E-state index in [1.807, 2.05) is 12.1 Å². The van der Waals surface area contributed by atoms with E-state index in [4.69, 9.17) is 4.74 Å². The predicted octanol–water partition coefficient (Wildman–Crippen LogP) is 3.36. The van der Waals surface area contributed by atoms with Gasteiger partial charge in [0.05, 0.1) is 5.56 Å². The molecule has 2 aromatic heterocycles. The molecule has 0 spiro atoms. The van der Waals surface area contributed by atoms with Crippen LogP contribution < -0.4 is 4.74 Å². The van der Waals surface area contributed by atoms with Crippen LogP contribution in [0.3, 0.4) is 0 Å². The molecule has 0 N–H and O–H groups in total. The lowest BCUT2D eigenvalue weighted by atomic mass is 10.1. The van der Waals surface area contributed by atoms with E-state index in [1.165, 1.54) is 6.07 Å². The van der Waals surface area contributed by atoms with Gasteiger partial charge in [0.2, 0.25) is 0 Å². The zero-order valence-corrected chi connectivity index (χ0v) is 15.2. The number of benzene rings is 1. The fourth-order valence-electron chi connectivity index (χ4n) is 3.17. The summed E-state index contributed by atoms with van der Waals surface area (Å²) in [7, 11) is 0. The highest BCUT2D eigenvalue weighted by Gasteiger charge is 2.25. The van der Waals surface area contributed by atoms with Gasteiger partial charge in [0.1, 0.15) is 6.10 Å². The summed E-state index contributed by atoms with van der Waals surface area (Å²) in [5, 5.41) is 0. The Morgan fingerprint density at radius 3 is 2.39 bits per heavy atom. The molecule has 0 radical (unpaired) electrons. The molecule has 142 valence electrons. The highest BCUT2D eigenvalue weighted by atomic mass is 19.1. The number of para-hydroxylation sites is 1. The molecule has 7 heteroatoms. The molecular formula is C21H19FN4O2. The summed E-state index contributed by atoms with van der Waals surface area (Å²) in [6, 6.07) is 10.0. The van der Waals surface area contributed by atoms with Gasteiger partial charge in [-0.1, -0.05) is 12.1 Å². The number of pyridine rings is 1. The van der Waals surface area contributed by atoms with Gasteiger partial charge in [-0.05, 0) is 24.3 Å². The maximum Gasteiger partial charge on any atom is 0.256 e. The summed E-state index contributed by atoms with van der Waals surface area (Å²) >= 11 is 0. The molecule has 1 aromatic carbocycles. The van der Waals surface area contributed by atoms with Crippen molar-refractivity contribution >= 4 is 5.91 Å². The third kappa shape index (κ3) is 3.98. The van der Waals surface area contributed by atoms with Crippen molar-refractivity contribution in [2.24, 2.45) is 0 Å². The monoisotopic (exact) mass is 378 g/mol. The largest absolute Gasteiger partial charge is 0.487 e. The van der Waals surface area contributed by atoms with Crippen molar-refractivity contribution in [3.05, 3.63) is 72.6 Å². The van der Waals surface area contributed by atoms with E-state index in [1.54, 1.807) is 47.9 Å². The Morgan fingerprint density at radius 2 is 1.71 bits per heavy atom. The van der Waals surface area contributed by atoms with Gasteiger partial charge in [-0.15, -0.1) is 0 Å². The molecular weight excluding hydrogens is 359 g/mol. The van der Waals surface area contributed by atoms with Crippen molar-refractivity contribution in [2.75, 3.05) is 13.1 Å². The first-order valence-corrected chi connectivity index (χ1v) is 9.13. The van der Waals surface area contributed by atoms with Crippen LogP contribution in [0.4, 0.5) is 4.39 Å². The lowest BCUT2D eigenvalue weighted by molar-refractivity contribution is 0.0587. The van der Waals surface area contributed by atoms with E-state index in [-0.39, 0.29) is 23.6 Å². The van der Waals surface area contributed by atoms with Gasteiger partial charge in [0, 0.05) is 56.3 Å². The fraction of sp³-hybridized carbons (Fsp3) is 0.238. The molecule has 0 saturated carbocycles. The molecule has 0 atom stereocenters. The topological polar surface area (TPSA) is 68.2 Å². The summed E-state index contributed by atoms with van der Waals surface area (Å²) in [6.07, 6.45) is 7.63. The number of hydrogen-bond acceptors (Lipinski definition) is 5. The van der Waals surface area contributed by atoms with Gasteiger partial charge in [-0.3, -0.25) is 9.78 Å². The molecule has 1 fully saturated rings. The number of carbonyl (C=O) groups is 1. The van der Waals surface area contributed by atoms with E-state index >= 15 is 0 Å². The first kappa shape index (κ1) is 18.0. The second kappa shape index (κ2) is 8.12. The average Bonchev–Trinajstić information content (AvgIpc) is 2.76. The Hall–Kier alpha value is -3.35. The van der Waals surface area contributed by atoms with Crippen molar-refractivity contribution in [3.8, 4) is 17.1 Å². The van der Waals surface area contributed by atoms with E-state index < -0.39 is 0 Å². The van der Waals surface area contributed by atoms with Gasteiger partial charge in [-0.2, -0.15) is 0 Å². The molecule has 0 aliphatic carbocycles. The molecule has 4 rings (SSSR count). The van der Waals surface area contributed by atoms with E-state index in [0.717, 1.165) is 5.56 Å². The van der Waals surface area contributed by atoms with Crippen LogP contribution in [0.1, 0.15) is 23.2 Å². The van der Waals surface area contributed by atoms with Crippen LogP contribution in [-0.2, 0) is 0 Å². The number of ether oxygens (including phenoxy) is 1. The quantitative estimate of drug-likeness (QED) is 0.696. The van der Waals surface area contributed by atoms with Crippen LogP contribution in [0.2, 0.25) is 0 Å². The van der Waals surface area contributed by atoms with Crippen LogP contribution in [0.25, 0.3) is 11.4 Å². The van der Waals surface area contributed by atoms with Crippen LogP contribution in [-0.4, -0.2) is 45.0 Å². The first-order valence-electron chi connectivity index (χ1n) is 9.13. The average molecular weight is 378 g/mol. The van der Waals surface area contributed by atoms with E-state index in [2.05, 4.69) is 15.0 Å². The number of nitrogens with zero attached hydrogens (tertiary/aromatic N) is 4. The molecule has 0 unspecified atom stereocenters. The molecule has 1 aliphatic rings. The summed E-state index contributed by atoms with van der Waals surface area (Å²) in [5.41, 5.74) is 1.30. The zero-order valence-electron chi connectivity index (χ0n) is 15.2. The minimum atomic E-state index is -0.368. The number of rotatable bonds is 4. The maximum absolute atomic E-state index is 13.7. The Labute approximate surface area is 162 Å². The number of aromatic nitrogens is 3. The molecule has 28 heavy (non-hydrogen) atoms. The Morgan fingerprint density at radius 1 is 1.04 bits per heavy atom. The maximum atomic E-state index is 13.7. The SMILES string of the molecule is O=C(c1cnc(-c2ccncc2)nc1)N1CCC(Oc2ccccc2F)CC1. The van der Waals surface area contributed by atoms with Crippen LogP contribution in [0, 0.1) is 5.82 Å². The number of hydrogen-bond donors (Lipinski definition) is 0. The Bertz CT molecular complexity index is 942. The number of amides is 1. The minimum Gasteiger partial charge on any atom is -0.487 e. The van der Waals surface area contributed by atoms with Crippen LogP contribution in [0.5, 0.6) is 5.75 Å². The normalized spacial score (nSPS) is 14.7. The molecule has 1 amide bonds. The van der Waals surface area contributed by atoms with Crippen molar-refractivity contribution in [2.45, 2.75) is 18.9 Å². The standard InChI is InChI=1S/C21H19FN4O2/c22-18-3-1-2-4-19(18)28-17-7-11-26(12-8-17)21(27)16-13-24-20(25-14-16)15-5-9-23-10-6-15/h1-6,9-10,13-14,17H,7-8,11-12H2. The van der Waals surface area contributed by atoms with Crippen molar-refractivity contribution in [3.63, 3.8) is 0 Å². The molecule has 3 heterocycles. The molecule has 3 aromatic rings. The second-order valence-electron chi connectivity index (χ2n) is 6.57. The fourth-order valence-corrected chi connectivity index (χ4v) is 3.17. The number of carbonyl (C=O) groups excluding carboxylic acids is 1. The molecule has 0 bridgehead atoms. The third-order valence-corrected chi connectivity index (χ3v) is 4.70. The Balaban J connectivity index is 1.35. The zero-order chi connectivity index (χ0) is 19.3. The van der Waals surface area contributed by atoms with Gasteiger partial charge < -0.3 is 9.64 Å². The molecule has 1 aliphatic heterocycles. The predicted molar refractivity (Wildman–Crippen MR) is 101 cm³/mol. The highest BCUT2D eigenvalue weighted by molar-refractivity contribution is 5.93. The first-order chi connectivity index (χ1) is 13.7. The third-order valence-electron chi connectivity index (χ3n) is 4.70. The van der Waals surface area contributed by atoms with Crippen molar-refractivity contribution in [1.82, 2.24) is 19.9 Å². The van der Waals surface area contributed by atoms with Crippen LogP contribution in [0.15, 0.2) is 61.2 Å². The molecule has 1 saturated heterocycles. The van der Waals surface area contributed by atoms with Gasteiger partial charge in [0.15, 0.2) is 17.4 Å². The number of halogens is 1. The summed E-state index contributed by atoms with van der Waals surface area (Å²) in [5.74, 6) is 0.335. The van der Waals surface area contributed by atoms with E-state index in [0.29, 0.717) is 37.3 Å². The Kier molecular flexibility index (Phi) is 5.23. The van der Waals surface area contributed by atoms with Crippen molar-refractivity contribution < 1.29 is 13.9 Å². The summed E-state index contributed by atoms with van der Waals surface area (Å²) in [6.45, 7) is 1.09. The van der Waals surface area contributed by atoms with Crippen molar-refractivity contribution in [1.29, 1.82) is 0 Å². The molecule has 6 nitrogen and oxygen atoms in total. The lowest BCUT2D eigenvalue weighted by Gasteiger charge is -2.32. The number of likely N-dealkylation sites (tertiary alicyclic amines) is 1. The number of piperidine rings is 1. The summed E-state index contributed by atoms with van der Waals surface area (Å²) < 4.78 is 19.5. The van der Waals surface area contributed by atoms with Gasteiger partial charge in [-0.25, -0.2) is 14.4 Å². The smallest absolute Gasteiger partial charge is 0.256 e. The second-order valence-corrected chi connectivity index (χ2v) is 6.57. The minimum absolute atomic E-state index is 0.105. The van der Waals surface area contributed by atoms with E-state index in [9.17, 15) is 9.18 Å². The van der Waals surface area contributed by atoms with Gasteiger partial charge >= 0.3 is 0 Å². The van der Waals surface area contributed by atoms with Gasteiger partial charge in [0.25, 0.3) is 5.91 Å². The summed E-state index contributed by atoms with van der Waals surface area (Å²) in [4.78, 5) is 27.0. The lowest BCUT2D eigenvalue weighted by Crippen LogP contribution is -2.41. The highest BCUT2D eigenvalue weighted by Crippen LogP contribution is 2.22. The van der Waals surface area contributed by atoms with Crippen LogP contribution >= 0.6 is 0 Å².